The first-order chi connectivity index (χ1) is 8.93. The second kappa shape index (κ2) is 5.17. The Kier molecular flexibility index (Phi) is 3.76. The standard InChI is InChI=1S/C16H22N2O/c1-6-18-15(9-13(5)17-18)16(19)14-8-11(3)10(2)7-12(14)4/h7-9,16,19H,6H2,1-5H3. The topological polar surface area (TPSA) is 38.0 Å². The highest BCUT2D eigenvalue weighted by Gasteiger charge is 2.18. The van der Waals surface area contributed by atoms with Gasteiger partial charge in [0.2, 0.25) is 0 Å². The number of aliphatic hydroxyl groups is 1. The number of nitrogens with zero attached hydrogens (tertiary/aromatic N) is 2. The van der Waals surface area contributed by atoms with E-state index in [1.54, 1.807) is 0 Å². The van der Waals surface area contributed by atoms with Crippen LogP contribution < -0.4 is 0 Å². The van der Waals surface area contributed by atoms with Crippen LogP contribution in [0.2, 0.25) is 0 Å². The molecule has 0 aliphatic heterocycles. The molecule has 1 heterocycles. The summed E-state index contributed by atoms with van der Waals surface area (Å²) in [7, 11) is 0. The van der Waals surface area contributed by atoms with Crippen molar-refractivity contribution in [2.45, 2.75) is 47.3 Å². The number of aryl methyl sites for hydroxylation is 5. The van der Waals surface area contributed by atoms with Crippen molar-refractivity contribution in [1.29, 1.82) is 0 Å². The fourth-order valence-electron chi connectivity index (χ4n) is 2.48. The first-order valence-electron chi connectivity index (χ1n) is 6.74. The molecule has 0 saturated heterocycles. The van der Waals surface area contributed by atoms with Gasteiger partial charge in [-0.3, -0.25) is 4.68 Å². The predicted molar refractivity (Wildman–Crippen MR) is 77.4 cm³/mol. The molecule has 0 spiro atoms. The molecule has 1 N–H and O–H groups in total. The van der Waals surface area contributed by atoms with Crippen molar-refractivity contribution in [2.24, 2.45) is 0 Å². The van der Waals surface area contributed by atoms with E-state index in [1.165, 1.54) is 11.1 Å². The predicted octanol–water partition coefficient (Wildman–Crippen LogP) is 3.22. The molecule has 0 aliphatic rings. The summed E-state index contributed by atoms with van der Waals surface area (Å²) in [4.78, 5) is 0. The van der Waals surface area contributed by atoms with E-state index >= 15 is 0 Å². The molecule has 2 aromatic rings. The van der Waals surface area contributed by atoms with Gasteiger partial charge in [0, 0.05) is 6.54 Å². The molecule has 1 unspecified atom stereocenters. The zero-order valence-corrected chi connectivity index (χ0v) is 12.4. The normalized spacial score (nSPS) is 12.7. The summed E-state index contributed by atoms with van der Waals surface area (Å²) < 4.78 is 1.87. The van der Waals surface area contributed by atoms with Crippen molar-refractivity contribution in [3.8, 4) is 0 Å². The molecular formula is C16H22N2O. The maximum Gasteiger partial charge on any atom is 0.121 e. The van der Waals surface area contributed by atoms with Gasteiger partial charge in [-0.2, -0.15) is 5.10 Å². The van der Waals surface area contributed by atoms with E-state index < -0.39 is 6.10 Å². The van der Waals surface area contributed by atoms with Crippen molar-refractivity contribution in [2.75, 3.05) is 0 Å². The van der Waals surface area contributed by atoms with Gasteiger partial charge in [-0.15, -0.1) is 0 Å². The molecule has 0 bridgehead atoms. The zero-order valence-electron chi connectivity index (χ0n) is 12.4. The minimum absolute atomic E-state index is 0.611. The average molecular weight is 258 g/mol. The van der Waals surface area contributed by atoms with Crippen molar-refractivity contribution in [1.82, 2.24) is 9.78 Å². The number of rotatable bonds is 3. The van der Waals surface area contributed by atoms with E-state index in [-0.39, 0.29) is 0 Å². The Morgan fingerprint density at radius 3 is 2.32 bits per heavy atom. The molecule has 102 valence electrons. The lowest BCUT2D eigenvalue weighted by molar-refractivity contribution is 0.207. The highest BCUT2D eigenvalue weighted by Crippen LogP contribution is 2.27. The largest absolute Gasteiger partial charge is 0.382 e. The fourth-order valence-corrected chi connectivity index (χ4v) is 2.48. The summed E-state index contributed by atoms with van der Waals surface area (Å²) >= 11 is 0. The van der Waals surface area contributed by atoms with Crippen LogP contribution in [0.1, 0.15) is 46.7 Å². The molecule has 0 aliphatic carbocycles. The highest BCUT2D eigenvalue weighted by molar-refractivity contribution is 5.40. The van der Waals surface area contributed by atoms with Gasteiger partial charge in [0.1, 0.15) is 6.10 Å². The third kappa shape index (κ3) is 2.56. The van der Waals surface area contributed by atoms with E-state index in [0.29, 0.717) is 0 Å². The Bertz CT molecular complexity index is 599. The van der Waals surface area contributed by atoms with Crippen LogP contribution in [-0.2, 0) is 6.54 Å². The van der Waals surface area contributed by atoms with E-state index in [4.69, 9.17) is 0 Å². The summed E-state index contributed by atoms with van der Waals surface area (Å²) in [6, 6.07) is 6.17. The molecule has 0 fully saturated rings. The Morgan fingerprint density at radius 2 is 1.68 bits per heavy atom. The van der Waals surface area contributed by atoms with Crippen LogP contribution in [0.15, 0.2) is 18.2 Å². The van der Waals surface area contributed by atoms with Gasteiger partial charge >= 0.3 is 0 Å². The Hall–Kier alpha value is -1.61. The smallest absolute Gasteiger partial charge is 0.121 e. The highest BCUT2D eigenvalue weighted by atomic mass is 16.3. The molecule has 19 heavy (non-hydrogen) atoms. The summed E-state index contributed by atoms with van der Waals surface area (Å²) in [6.45, 7) is 11.0. The fraction of sp³-hybridized carbons (Fsp3) is 0.438. The quantitative estimate of drug-likeness (QED) is 0.918. The Morgan fingerprint density at radius 1 is 1.05 bits per heavy atom. The van der Waals surface area contributed by atoms with Gasteiger partial charge < -0.3 is 5.11 Å². The lowest BCUT2D eigenvalue weighted by atomic mass is 9.95. The molecule has 1 aromatic heterocycles. The summed E-state index contributed by atoms with van der Waals surface area (Å²) in [6.07, 6.45) is -0.611. The molecule has 1 atom stereocenters. The van der Waals surface area contributed by atoms with Crippen LogP contribution in [0.5, 0.6) is 0 Å². The van der Waals surface area contributed by atoms with E-state index in [1.807, 2.05) is 31.5 Å². The Balaban J connectivity index is 2.49. The van der Waals surface area contributed by atoms with Crippen LogP contribution >= 0.6 is 0 Å². The first-order valence-corrected chi connectivity index (χ1v) is 6.74. The number of benzene rings is 1. The van der Waals surface area contributed by atoms with Crippen LogP contribution in [0, 0.1) is 27.7 Å². The van der Waals surface area contributed by atoms with Crippen LogP contribution in [0.3, 0.4) is 0 Å². The van der Waals surface area contributed by atoms with Crippen molar-refractivity contribution in [3.05, 3.63) is 51.8 Å². The minimum Gasteiger partial charge on any atom is -0.382 e. The summed E-state index contributed by atoms with van der Waals surface area (Å²) in [5.74, 6) is 0. The average Bonchev–Trinajstić information content (AvgIpc) is 2.74. The van der Waals surface area contributed by atoms with Gasteiger partial charge in [0.15, 0.2) is 0 Å². The minimum atomic E-state index is -0.611. The zero-order chi connectivity index (χ0) is 14.2. The first kappa shape index (κ1) is 13.8. The SMILES string of the molecule is CCn1nc(C)cc1C(O)c1cc(C)c(C)cc1C. The van der Waals surface area contributed by atoms with E-state index in [2.05, 4.69) is 31.1 Å². The lowest BCUT2D eigenvalue weighted by Gasteiger charge is -2.17. The van der Waals surface area contributed by atoms with Crippen LogP contribution in [0.4, 0.5) is 0 Å². The van der Waals surface area contributed by atoms with Crippen molar-refractivity contribution in [3.63, 3.8) is 0 Å². The van der Waals surface area contributed by atoms with Crippen LogP contribution in [-0.4, -0.2) is 14.9 Å². The van der Waals surface area contributed by atoms with Crippen molar-refractivity contribution < 1.29 is 5.11 Å². The molecule has 3 heteroatoms. The summed E-state index contributed by atoms with van der Waals surface area (Å²) in [5, 5.41) is 15.1. The molecule has 0 saturated carbocycles. The van der Waals surface area contributed by atoms with Crippen molar-refractivity contribution >= 4 is 0 Å². The van der Waals surface area contributed by atoms with E-state index in [0.717, 1.165) is 29.1 Å². The molecule has 3 nitrogen and oxygen atoms in total. The second-order valence-electron chi connectivity index (χ2n) is 5.22. The van der Waals surface area contributed by atoms with Gasteiger partial charge in [0.05, 0.1) is 11.4 Å². The molecule has 0 amide bonds. The van der Waals surface area contributed by atoms with Gasteiger partial charge in [-0.25, -0.2) is 0 Å². The third-order valence-electron chi connectivity index (χ3n) is 3.69. The van der Waals surface area contributed by atoms with Gasteiger partial charge in [-0.1, -0.05) is 12.1 Å². The maximum absolute atomic E-state index is 10.7. The third-order valence-corrected chi connectivity index (χ3v) is 3.69. The van der Waals surface area contributed by atoms with Crippen LogP contribution in [0.25, 0.3) is 0 Å². The molecule has 1 aromatic carbocycles. The lowest BCUT2D eigenvalue weighted by Crippen LogP contribution is -2.10. The number of hydrogen-bond donors (Lipinski definition) is 1. The molecular weight excluding hydrogens is 236 g/mol. The maximum atomic E-state index is 10.7. The van der Waals surface area contributed by atoms with E-state index in [9.17, 15) is 5.11 Å². The second-order valence-corrected chi connectivity index (χ2v) is 5.22. The molecule has 0 radical (unpaired) electrons. The number of hydrogen-bond acceptors (Lipinski definition) is 2. The van der Waals surface area contributed by atoms with Gasteiger partial charge in [0.25, 0.3) is 0 Å². The number of aliphatic hydroxyl groups excluding tert-OH is 1. The summed E-state index contributed by atoms with van der Waals surface area (Å²) in [5.41, 5.74) is 6.37. The Labute approximate surface area is 114 Å². The van der Waals surface area contributed by atoms with Gasteiger partial charge in [-0.05, 0) is 62.9 Å². The molecule has 2 rings (SSSR count). The number of aromatic nitrogens is 2. The monoisotopic (exact) mass is 258 g/mol.